The Morgan fingerprint density at radius 3 is 2.60 bits per heavy atom. The number of hydrogen-bond acceptors (Lipinski definition) is 2. The van der Waals surface area contributed by atoms with Gasteiger partial charge in [0.1, 0.15) is 0 Å². The first-order valence-electron chi connectivity index (χ1n) is 4.95. The Balaban J connectivity index is 2.54. The molecule has 0 saturated heterocycles. The molecular formula is C11H15BrN2O. The summed E-state index contributed by atoms with van der Waals surface area (Å²) in [6.07, 6.45) is 1.62. The number of hydrogen-bond donors (Lipinski definition) is 2. The van der Waals surface area contributed by atoms with Crippen molar-refractivity contribution in [3.05, 3.63) is 28.7 Å². The standard InChI is InChI=1S/C11H15BrN2O/c1-2-3-10(13)11(15)14-9-6-4-8(12)5-7-9/h4-7,10H,2-3,13H2,1H3,(H,14,15)/t10-/m1/s1. The summed E-state index contributed by atoms with van der Waals surface area (Å²) in [5.41, 5.74) is 6.46. The zero-order valence-electron chi connectivity index (χ0n) is 8.66. The van der Waals surface area contributed by atoms with Crippen LogP contribution < -0.4 is 11.1 Å². The molecule has 0 aliphatic carbocycles. The van der Waals surface area contributed by atoms with Gasteiger partial charge in [-0.2, -0.15) is 0 Å². The zero-order valence-corrected chi connectivity index (χ0v) is 10.3. The maximum Gasteiger partial charge on any atom is 0.241 e. The summed E-state index contributed by atoms with van der Waals surface area (Å²) >= 11 is 3.33. The van der Waals surface area contributed by atoms with E-state index in [2.05, 4.69) is 21.2 Å². The van der Waals surface area contributed by atoms with Gasteiger partial charge in [-0.25, -0.2) is 0 Å². The van der Waals surface area contributed by atoms with Gasteiger partial charge in [-0.05, 0) is 30.7 Å². The van der Waals surface area contributed by atoms with Crippen LogP contribution in [0.25, 0.3) is 0 Å². The topological polar surface area (TPSA) is 55.1 Å². The summed E-state index contributed by atoms with van der Waals surface area (Å²) in [6.45, 7) is 2.01. The van der Waals surface area contributed by atoms with Crippen molar-refractivity contribution in [3.8, 4) is 0 Å². The Morgan fingerprint density at radius 2 is 2.07 bits per heavy atom. The zero-order chi connectivity index (χ0) is 11.3. The van der Waals surface area contributed by atoms with Crippen LogP contribution in [-0.4, -0.2) is 11.9 Å². The molecule has 0 fully saturated rings. The molecule has 0 bridgehead atoms. The third-order valence-corrected chi connectivity index (χ3v) is 2.58. The normalized spacial score (nSPS) is 12.2. The predicted molar refractivity (Wildman–Crippen MR) is 65.7 cm³/mol. The second-order valence-electron chi connectivity index (χ2n) is 3.39. The highest BCUT2D eigenvalue weighted by Gasteiger charge is 2.11. The number of carbonyl (C=O) groups is 1. The Kier molecular flexibility index (Phi) is 4.78. The lowest BCUT2D eigenvalue weighted by Crippen LogP contribution is -2.35. The Morgan fingerprint density at radius 1 is 1.47 bits per heavy atom. The minimum Gasteiger partial charge on any atom is -0.325 e. The number of amides is 1. The SMILES string of the molecule is CCC[C@@H](N)C(=O)Nc1ccc(Br)cc1. The molecule has 4 heteroatoms. The molecule has 0 spiro atoms. The highest BCUT2D eigenvalue weighted by Crippen LogP contribution is 2.14. The number of halogens is 1. The quantitative estimate of drug-likeness (QED) is 0.884. The molecule has 82 valence electrons. The van der Waals surface area contributed by atoms with Crippen LogP contribution in [0, 0.1) is 0 Å². The third kappa shape index (κ3) is 4.01. The van der Waals surface area contributed by atoms with Crippen molar-refractivity contribution in [2.45, 2.75) is 25.8 Å². The summed E-state index contributed by atoms with van der Waals surface area (Å²) < 4.78 is 0.985. The molecule has 0 saturated carbocycles. The van der Waals surface area contributed by atoms with Crippen LogP contribution >= 0.6 is 15.9 Å². The number of carbonyl (C=O) groups excluding carboxylic acids is 1. The van der Waals surface area contributed by atoms with Crippen molar-refractivity contribution in [3.63, 3.8) is 0 Å². The highest BCUT2D eigenvalue weighted by atomic mass is 79.9. The Labute approximate surface area is 98.2 Å². The minimum atomic E-state index is -0.418. The van der Waals surface area contributed by atoms with Crippen molar-refractivity contribution in [2.24, 2.45) is 5.73 Å². The van der Waals surface area contributed by atoms with Crippen LogP contribution in [0.4, 0.5) is 5.69 Å². The van der Waals surface area contributed by atoms with E-state index in [9.17, 15) is 4.79 Å². The molecule has 1 aromatic carbocycles. The summed E-state index contributed by atoms with van der Waals surface area (Å²) in [5, 5.41) is 2.77. The third-order valence-electron chi connectivity index (χ3n) is 2.05. The molecule has 0 aliphatic rings. The number of anilines is 1. The van der Waals surface area contributed by atoms with Gasteiger partial charge in [-0.3, -0.25) is 4.79 Å². The number of nitrogens with one attached hydrogen (secondary N) is 1. The first-order valence-corrected chi connectivity index (χ1v) is 5.74. The minimum absolute atomic E-state index is 0.126. The number of rotatable bonds is 4. The fourth-order valence-corrected chi connectivity index (χ4v) is 1.47. The molecule has 1 amide bonds. The van der Waals surface area contributed by atoms with E-state index < -0.39 is 6.04 Å². The van der Waals surface area contributed by atoms with Crippen molar-refractivity contribution in [1.29, 1.82) is 0 Å². The van der Waals surface area contributed by atoms with Crippen molar-refractivity contribution >= 4 is 27.5 Å². The lowest BCUT2D eigenvalue weighted by Gasteiger charge is -2.10. The molecule has 0 radical (unpaired) electrons. The molecule has 3 nitrogen and oxygen atoms in total. The van der Waals surface area contributed by atoms with E-state index in [1.807, 2.05) is 31.2 Å². The van der Waals surface area contributed by atoms with Crippen LogP contribution in [0.15, 0.2) is 28.7 Å². The van der Waals surface area contributed by atoms with Crippen LogP contribution in [0.2, 0.25) is 0 Å². The van der Waals surface area contributed by atoms with Gasteiger partial charge in [0.15, 0.2) is 0 Å². The Hall–Kier alpha value is -0.870. The van der Waals surface area contributed by atoms with Crippen LogP contribution in [0.1, 0.15) is 19.8 Å². The van der Waals surface area contributed by atoms with Crippen molar-refractivity contribution in [1.82, 2.24) is 0 Å². The molecule has 1 rings (SSSR count). The van der Waals surface area contributed by atoms with Gasteiger partial charge in [0.25, 0.3) is 0 Å². The summed E-state index contributed by atoms with van der Waals surface area (Å²) in [6, 6.07) is 7.00. The second kappa shape index (κ2) is 5.88. The van der Waals surface area contributed by atoms with Crippen LogP contribution in [-0.2, 0) is 4.79 Å². The van der Waals surface area contributed by atoms with Gasteiger partial charge in [0.05, 0.1) is 6.04 Å². The summed E-state index contributed by atoms with van der Waals surface area (Å²) in [4.78, 5) is 11.5. The van der Waals surface area contributed by atoms with Crippen molar-refractivity contribution < 1.29 is 4.79 Å². The second-order valence-corrected chi connectivity index (χ2v) is 4.31. The van der Waals surface area contributed by atoms with E-state index in [0.29, 0.717) is 6.42 Å². The molecule has 1 atom stereocenters. The average molecular weight is 271 g/mol. The lowest BCUT2D eigenvalue weighted by molar-refractivity contribution is -0.117. The van der Waals surface area contributed by atoms with Gasteiger partial charge in [-0.15, -0.1) is 0 Å². The van der Waals surface area contributed by atoms with Gasteiger partial charge in [0.2, 0.25) is 5.91 Å². The molecule has 0 unspecified atom stereocenters. The van der Waals surface area contributed by atoms with E-state index >= 15 is 0 Å². The fraction of sp³-hybridized carbons (Fsp3) is 0.364. The van der Waals surface area contributed by atoms with Gasteiger partial charge < -0.3 is 11.1 Å². The van der Waals surface area contributed by atoms with Gasteiger partial charge in [0, 0.05) is 10.2 Å². The van der Waals surface area contributed by atoms with E-state index in [4.69, 9.17) is 5.73 Å². The lowest BCUT2D eigenvalue weighted by atomic mass is 10.1. The molecule has 15 heavy (non-hydrogen) atoms. The van der Waals surface area contributed by atoms with E-state index in [1.54, 1.807) is 0 Å². The molecule has 3 N–H and O–H groups in total. The first-order chi connectivity index (χ1) is 7.13. The molecule has 1 aromatic rings. The molecule has 0 heterocycles. The number of benzene rings is 1. The maximum atomic E-state index is 11.5. The van der Waals surface area contributed by atoms with E-state index in [-0.39, 0.29) is 5.91 Å². The molecular weight excluding hydrogens is 256 g/mol. The number of nitrogens with two attached hydrogens (primary N) is 1. The fourth-order valence-electron chi connectivity index (χ4n) is 1.21. The highest BCUT2D eigenvalue weighted by molar-refractivity contribution is 9.10. The van der Waals surface area contributed by atoms with Crippen molar-refractivity contribution in [2.75, 3.05) is 5.32 Å². The van der Waals surface area contributed by atoms with Crippen LogP contribution in [0.5, 0.6) is 0 Å². The van der Waals surface area contributed by atoms with Crippen LogP contribution in [0.3, 0.4) is 0 Å². The van der Waals surface area contributed by atoms with E-state index in [0.717, 1.165) is 16.6 Å². The van der Waals surface area contributed by atoms with Gasteiger partial charge >= 0.3 is 0 Å². The van der Waals surface area contributed by atoms with E-state index in [1.165, 1.54) is 0 Å². The first kappa shape index (κ1) is 12.2. The smallest absolute Gasteiger partial charge is 0.241 e. The predicted octanol–water partition coefficient (Wildman–Crippen LogP) is 2.52. The Bertz CT molecular complexity index is 324. The van der Waals surface area contributed by atoms with Gasteiger partial charge in [-0.1, -0.05) is 29.3 Å². The summed E-state index contributed by atoms with van der Waals surface area (Å²) in [7, 11) is 0. The monoisotopic (exact) mass is 270 g/mol. The summed E-state index contributed by atoms with van der Waals surface area (Å²) in [5.74, 6) is -0.126. The average Bonchev–Trinajstić information content (AvgIpc) is 2.22. The largest absolute Gasteiger partial charge is 0.325 e. The molecule has 0 aliphatic heterocycles. The molecule has 0 aromatic heterocycles. The maximum absolute atomic E-state index is 11.5.